The van der Waals surface area contributed by atoms with Gasteiger partial charge in [0.15, 0.2) is 6.04 Å². The Morgan fingerprint density at radius 2 is 2.09 bits per heavy atom. The maximum Gasteiger partial charge on any atom is 0.331 e. The van der Waals surface area contributed by atoms with Gasteiger partial charge in [-0.05, 0) is 31.4 Å². The van der Waals surface area contributed by atoms with Gasteiger partial charge in [0, 0.05) is 13.2 Å². The average molecular weight is 321 g/mol. The van der Waals surface area contributed by atoms with E-state index >= 15 is 0 Å². The SMILES string of the molecule is CCOCCOC(C)C(=O)N1CCc2ccccc2C1C(=O)O. The number of rotatable bonds is 7. The molecule has 1 aromatic carbocycles. The number of fused-ring (bicyclic) bond motifs is 1. The minimum Gasteiger partial charge on any atom is -0.479 e. The minimum atomic E-state index is -1.02. The fourth-order valence-corrected chi connectivity index (χ4v) is 2.80. The number of carboxylic acids is 1. The van der Waals surface area contributed by atoms with Gasteiger partial charge in [-0.1, -0.05) is 24.3 Å². The summed E-state index contributed by atoms with van der Waals surface area (Å²) in [5.41, 5.74) is 1.66. The molecule has 1 aromatic rings. The second-order valence-corrected chi connectivity index (χ2v) is 5.43. The molecular weight excluding hydrogens is 298 g/mol. The van der Waals surface area contributed by atoms with Gasteiger partial charge in [0.25, 0.3) is 5.91 Å². The van der Waals surface area contributed by atoms with E-state index in [0.717, 1.165) is 5.56 Å². The predicted molar refractivity (Wildman–Crippen MR) is 84.1 cm³/mol. The highest BCUT2D eigenvalue weighted by molar-refractivity contribution is 5.87. The minimum absolute atomic E-state index is 0.302. The first kappa shape index (κ1) is 17.4. The summed E-state index contributed by atoms with van der Waals surface area (Å²) in [7, 11) is 0. The smallest absolute Gasteiger partial charge is 0.331 e. The number of benzene rings is 1. The van der Waals surface area contributed by atoms with Crippen LogP contribution in [0.2, 0.25) is 0 Å². The Labute approximate surface area is 136 Å². The van der Waals surface area contributed by atoms with Crippen molar-refractivity contribution in [2.45, 2.75) is 32.4 Å². The number of amides is 1. The molecule has 1 amide bonds. The summed E-state index contributed by atoms with van der Waals surface area (Å²) in [6.45, 7) is 5.23. The van der Waals surface area contributed by atoms with E-state index in [1.54, 1.807) is 19.1 Å². The van der Waals surface area contributed by atoms with E-state index in [1.165, 1.54) is 4.90 Å². The molecule has 6 nitrogen and oxygen atoms in total. The zero-order valence-corrected chi connectivity index (χ0v) is 13.5. The molecule has 2 atom stereocenters. The van der Waals surface area contributed by atoms with Crippen LogP contribution in [0.4, 0.5) is 0 Å². The standard InChI is InChI=1S/C17H23NO5/c1-3-22-10-11-23-12(2)16(19)18-9-8-13-6-4-5-7-14(13)15(18)17(20)21/h4-7,12,15H,3,8-11H2,1-2H3,(H,20,21). The molecule has 2 unspecified atom stereocenters. The van der Waals surface area contributed by atoms with Crippen molar-refractivity contribution in [2.24, 2.45) is 0 Å². The Hall–Kier alpha value is -1.92. The van der Waals surface area contributed by atoms with Crippen molar-refractivity contribution in [3.8, 4) is 0 Å². The average Bonchev–Trinajstić information content (AvgIpc) is 2.56. The van der Waals surface area contributed by atoms with Crippen molar-refractivity contribution < 1.29 is 24.2 Å². The zero-order chi connectivity index (χ0) is 16.8. The number of carbonyl (C=O) groups excluding carboxylic acids is 1. The predicted octanol–water partition coefficient (Wildman–Crippen LogP) is 1.64. The van der Waals surface area contributed by atoms with Gasteiger partial charge in [-0.25, -0.2) is 4.79 Å². The summed E-state index contributed by atoms with van der Waals surface area (Å²) in [4.78, 5) is 25.7. The number of ether oxygens (including phenoxy) is 2. The van der Waals surface area contributed by atoms with Crippen LogP contribution in [0, 0.1) is 0 Å². The number of hydrogen-bond acceptors (Lipinski definition) is 4. The van der Waals surface area contributed by atoms with E-state index < -0.39 is 18.1 Å². The van der Waals surface area contributed by atoms with Crippen molar-refractivity contribution in [3.63, 3.8) is 0 Å². The molecule has 0 saturated heterocycles. The first-order valence-electron chi connectivity index (χ1n) is 7.86. The number of aliphatic carboxylic acids is 1. The molecule has 1 aliphatic heterocycles. The van der Waals surface area contributed by atoms with Gasteiger partial charge in [-0.2, -0.15) is 0 Å². The third-order valence-corrected chi connectivity index (χ3v) is 3.95. The Kier molecular flexibility index (Phi) is 6.12. The van der Waals surface area contributed by atoms with Crippen LogP contribution in [0.15, 0.2) is 24.3 Å². The second kappa shape index (κ2) is 8.08. The van der Waals surface area contributed by atoms with E-state index in [2.05, 4.69) is 0 Å². The van der Waals surface area contributed by atoms with E-state index in [4.69, 9.17) is 9.47 Å². The first-order chi connectivity index (χ1) is 11.1. The lowest BCUT2D eigenvalue weighted by Gasteiger charge is -2.36. The van der Waals surface area contributed by atoms with Gasteiger partial charge in [0.05, 0.1) is 13.2 Å². The van der Waals surface area contributed by atoms with Gasteiger partial charge in [-0.3, -0.25) is 4.79 Å². The molecule has 0 saturated carbocycles. The lowest BCUT2D eigenvalue weighted by atomic mass is 9.92. The van der Waals surface area contributed by atoms with Crippen LogP contribution >= 0.6 is 0 Å². The van der Waals surface area contributed by atoms with Gasteiger partial charge in [0.2, 0.25) is 0 Å². The monoisotopic (exact) mass is 321 g/mol. The van der Waals surface area contributed by atoms with E-state index in [-0.39, 0.29) is 5.91 Å². The third kappa shape index (κ3) is 4.09. The molecule has 1 heterocycles. The maximum absolute atomic E-state index is 12.6. The molecule has 2 rings (SSSR count). The highest BCUT2D eigenvalue weighted by atomic mass is 16.5. The molecule has 0 fully saturated rings. The zero-order valence-electron chi connectivity index (χ0n) is 13.5. The van der Waals surface area contributed by atoms with Crippen molar-refractivity contribution in [2.75, 3.05) is 26.4 Å². The number of carboxylic acid groups (broad SMARTS) is 1. The Morgan fingerprint density at radius 3 is 2.78 bits per heavy atom. The lowest BCUT2D eigenvalue weighted by Crippen LogP contribution is -2.47. The Balaban J connectivity index is 2.09. The number of nitrogens with zero attached hydrogens (tertiary/aromatic N) is 1. The van der Waals surface area contributed by atoms with Crippen molar-refractivity contribution in [1.82, 2.24) is 4.90 Å². The summed E-state index contributed by atoms with van der Waals surface area (Å²) in [6.07, 6.45) is -0.0419. The Morgan fingerprint density at radius 1 is 1.35 bits per heavy atom. The largest absolute Gasteiger partial charge is 0.479 e. The molecule has 126 valence electrons. The van der Waals surface area contributed by atoms with Crippen LogP contribution in [0.3, 0.4) is 0 Å². The number of carbonyl (C=O) groups is 2. The van der Waals surface area contributed by atoms with E-state index in [0.29, 0.717) is 38.3 Å². The van der Waals surface area contributed by atoms with E-state index in [9.17, 15) is 14.7 Å². The summed E-state index contributed by atoms with van der Waals surface area (Å²) >= 11 is 0. The van der Waals surface area contributed by atoms with Crippen molar-refractivity contribution in [1.29, 1.82) is 0 Å². The summed E-state index contributed by atoms with van der Waals surface area (Å²) in [5.74, 6) is -1.32. The van der Waals surface area contributed by atoms with Crippen LogP contribution in [0.1, 0.15) is 31.0 Å². The van der Waals surface area contributed by atoms with Gasteiger partial charge >= 0.3 is 5.97 Å². The van der Waals surface area contributed by atoms with E-state index in [1.807, 2.05) is 19.1 Å². The third-order valence-electron chi connectivity index (χ3n) is 3.95. The molecule has 23 heavy (non-hydrogen) atoms. The molecule has 0 bridgehead atoms. The molecule has 0 aliphatic carbocycles. The number of hydrogen-bond donors (Lipinski definition) is 1. The maximum atomic E-state index is 12.6. The summed E-state index contributed by atoms with van der Waals surface area (Å²) in [5, 5.41) is 9.58. The molecule has 6 heteroatoms. The normalized spacial score (nSPS) is 18.3. The fourth-order valence-electron chi connectivity index (χ4n) is 2.80. The van der Waals surface area contributed by atoms with Crippen LogP contribution in [-0.2, 0) is 25.5 Å². The van der Waals surface area contributed by atoms with Gasteiger partial charge in [0.1, 0.15) is 6.10 Å². The lowest BCUT2D eigenvalue weighted by molar-refractivity contribution is -0.157. The van der Waals surface area contributed by atoms with Crippen LogP contribution in [-0.4, -0.2) is 54.4 Å². The molecule has 0 aromatic heterocycles. The molecule has 0 radical (unpaired) electrons. The Bertz CT molecular complexity index is 560. The van der Waals surface area contributed by atoms with Crippen LogP contribution in [0.5, 0.6) is 0 Å². The highest BCUT2D eigenvalue weighted by Crippen LogP contribution is 2.30. The second-order valence-electron chi connectivity index (χ2n) is 5.43. The fraction of sp³-hybridized carbons (Fsp3) is 0.529. The van der Waals surface area contributed by atoms with Crippen LogP contribution in [0.25, 0.3) is 0 Å². The first-order valence-corrected chi connectivity index (χ1v) is 7.86. The summed E-state index contributed by atoms with van der Waals surface area (Å²) < 4.78 is 10.6. The molecule has 0 spiro atoms. The van der Waals surface area contributed by atoms with Crippen LogP contribution < -0.4 is 0 Å². The molecule has 1 aliphatic rings. The molecular formula is C17H23NO5. The van der Waals surface area contributed by atoms with Crippen molar-refractivity contribution in [3.05, 3.63) is 35.4 Å². The van der Waals surface area contributed by atoms with Crippen molar-refractivity contribution >= 4 is 11.9 Å². The highest BCUT2D eigenvalue weighted by Gasteiger charge is 2.37. The summed E-state index contributed by atoms with van der Waals surface area (Å²) in [6, 6.07) is 6.41. The molecule has 1 N–H and O–H groups in total. The van der Waals surface area contributed by atoms with Gasteiger partial charge in [-0.15, -0.1) is 0 Å². The quantitative estimate of drug-likeness (QED) is 0.773. The topological polar surface area (TPSA) is 76.1 Å². The van der Waals surface area contributed by atoms with Gasteiger partial charge < -0.3 is 19.5 Å².